The number of thiophene rings is 1. The van der Waals surface area contributed by atoms with Crippen molar-refractivity contribution >= 4 is 57.3 Å². The van der Waals surface area contributed by atoms with Gasteiger partial charge in [-0.25, -0.2) is 9.59 Å². The van der Waals surface area contributed by atoms with Crippen LogP contribution < -0.4 is 4.90 Å². The van der Waals surface area contributed by atoms with E-state index in [-0.39, 0.29) is 45.3 Å². The maximum absolute atomic E-state index is 11.1. The summed E-state index contributed by atoms with van der Waals surface area (Å²) < 4.78 is 15.1. The lowest BCUT2D eigenvalue weighted by molar-refractivity contribution is -0.140. The minimum atomic E-state index is -1.39. The Kier molecular flexibility index (Phi) is 19.7. The summed E-state index contributed by atoms with van der Waals surface area (Å²) >= 11 is 7.15. The number of carbonyl (C=O) groups is 2. The van der Waals surface area contributed by atoms with Gasteiger partial charge in [-0.3, -0.25) is 0 Å². The number of rotatable bonds is 18. The number of aliphatic carboxylic acids is 1. The molecule has 0 radical (unpaired) electrons. The van der Waals surface area contributed by atoms with Gasteiger partial charge in [0.05, 0.1) is 42.0 Å². The summed E-state index contributed by atoms with van der Waals surface area (Å²) in [5, 5.41) is 53.6. The normalized spacial score (nSPS) is 10.9. The number of carbonyl (C=O) groups excluding carboxylic acids is 1. The molecule has 13 nitrogen and oxygen atoms in total. The van der Waals surface area contributed by atoms with Crippen molar-refractivity contribution < 1.29 is 34.0 Å². The van der Waals surface area contributed by atoms with Crippen LogP contribution in [0.15, 0.2) is 46.2 Å². The summed E-state index contributed by atoms with van der Waals surface area (Å²) in [6.07, 6.45) is 3.27. The number of unbranched alkanes of at least 4 members (excludes halogenated alkanes) is 1. The molecule has 48 heavy (non-hydrogen) atoms. The zero-order chi connectivity index (χ0) is 36.1. The van der Waals surface area contributed by atoms with Gasteiger partial charge in [-0.15, -0.1) is 21.6 Å². The number of aryl methyl sites for hydroxylation is 1. The van der Waals surface area contributed by atoms with E-state index < -0.39 is 17.5 Å². The van der Waals surface area contributed by atoms with E-state index in [9.17, 15) is 20.0 Å². The van der Waals surface area contributed by atoms with Crippen molar-refractivity contribution in [2.75, 3.05) is 51.1 Å². The summed E-state index contributed by atoms with van der Waals surface area (Å²) in [6, 6.07) is 11.0. The molecule has 2 N–H and O–H groups in total. The van der Waals surface area contributed by atoms with Gasteiger partial charge >= 0.3 is 11.9 Å². The first-order valence-electron chi connectivity index (χ1n) is 14.8. The number of aliphatic hydroxyl groups is 1. The number of anilines is 1. The fraction of sp³-hybridized carbons (Fsp3) is 0.424. The summed E-state index contributed by atoms with van der Waals surface area (Å²) in [6.45, 7) is 14.0. The minimum Gasteiger partial charge on any atom is -0.477 e. The molecule has 0 amide bonds. The molecule has 0 fully saturated rings. The van der Waals surface area contributed by atoms with Crippen molar-refractivity contribution in [2.45, 2.75) is 46.6 Å². The van der Waals surface area contributed by atoms with E-state index in [1.165, 1.54) is 0 Å². The van der Waals surface area contributed by atoms with Crippen LogP contribution in [0.25, 0.3) is 6.08 Å². The van der Waals surface area contributed by atoms with Gasteiger partial charge in [0, 0.05) is 24.9 Å². The zero-order valence-electron chi connectivity index (χ0n) is 27.4. The van der Waals surface area contributed by atoms with Crippen molar-refractivity contribution in [1.82, 2.24) is 0 Å². The largest absolute Gasteiger partial charge is 0.477 e. The van der Waals surface area contributed by atoms with Gasteiger partial charge in [0.1, 0.15) is 41.5 Å². The predicted octanol–water partition coefficient (Wildman–Crippen LogP) is 6.64. The molecule has 256 valence electrons. The molecular weight excluding hydrogens is 660 g/mol. The van der Waals surface area contributed by atoms with E-state index >= 15 is 0 Å². The van der Waals surface area contributed by atoms with Crippen molar-refractivity contribution in [3.05, 3.63) is 57.0 Å². The lowest BCUT2D eigenvalue weighted by Gasteiger charge is -2.28. The van der Waals surface area contributed by atoms with Crippen molar-refractivity contribution in [3.8, 4) is 18.2 Å². The second-order valence-corrected chi connectivity index (χ2v) is 11.4. The maximum Gasteiger partial charge on any atom is 0.348 e. The van der Waals surface area contributed by atoms with Gasteiger partial charge < -0.3 is 29.3 Å². The molecular formula is C33H39ClN6O7S. The van der Waals surface area contributed by atoms with Gasteiger partial charge in [-0.2, -0.15) is 15.8 Å². The first kappa shape index (κ1) is 41.4. The molecule has 0 aliphatic heterocycles. The highest BCUT2D eigenvalue weighted by Gasteiger charge is 2.18. The Hall–Kier alpha value is -4.62. The van der Waals surface area contributed by atoms with Gasteiger partial charge in [-0.05, 0) is 57.0 Å². The number of nitrogens with zero attached hydrogens (tertiary/aromatic N) is 6. The highest BCUT2D eigenvalue weighted by atomic mass is 35.5. The average Bonchev–Trinajstić information content (AvgIpc) is 3.37. The van der Waals surface area contributed by atoms with Gasteiger partial charge in [-0.1, -0.05) is 31.5 Å². The Balaban J connectivity index is 0.000000576. The molecule has 1 heterocycles. The molecule has 0 spiro atoms. The average molecular weight is 699 g/mol. The van der Waals surface area contributed by atoms with E-state index in [2.05, 4.69) is 28.6 Å². The molecule has 2 rings (SSSR count). The van der Waals surface area contributed by atoms with Gasteiger partial charge in [0.15, 0.2) is 5.00 Å². The highest BCUT2D eigenvalue weighted by Crippen LogP contribution is 2.41. The topological polar surface area (TPSA) is 202 Å². The molecule has 0 aliphatic carbocycles. The second kappa shape index (κ2) is 22.8. The molecule has 0 atom stereocenters. The first-order chi connectivity index (χ1) is 22.9. The summed E-state index contributed by atoms with van der Waals surface area (Å²) in [5.41, 5.74) is 1.75. The molecule has 0 unspecified atom stereocenters. The Morgan fingerprint density at radius 1 is 1.10 bits per heavy atom. The van der Waals surface area contributed by atoms with Crippen LogP contribution in [0.4, 0.5) is 16.4 Å². The van der Waals surface area contributed by atoms with Gasteiger partial charge in [0.2, 0.25) is 0 Å². The van der Waals surface area contributed by atoms with Gasteiger partial charge in [0.25, 0.3) is 0 Å². The Morgan fingerprint density at radius 2 is 1.77 bits per heavy atom. The number of carboxylic acid groups (broad SMARTS) is 1. The number of benzene rings is 1. The highest BCUT2D eigenvalue weighted by molar-refractivity contribution is 7.17. The number of azo groups is 1. The third-order valence-electron chi connectivity index (χ3n) is 6.18. The van der Waals surface area contributed by atoms with E-state index in [1.54, 1.807) is 18.2 Å². The van der Waals surface area contributed by atoms with Crippen LogP contribution in [0.2, 0.25) is 5.02 Å². The van der Waals surface area contributed by atoms with Crippen molar-refractivity contribution in [3.63, 3.8) is 0 Å². The third kappa shape index (κ3) is 14.0. The Bertz CT molecular complexity index is 1580. The number of ether oxygens (including phenoxy) is 3. The smallest absolute Gasteiger partial charge is 0.348 e. The van der Waals surface area contributed by atoms with E-state index in [1.807, 2.05) is 39.0 Å². The van der Waals surface area contributed by atoms with E-state index in [4.69, 9.17) is 41.4 Å². The Morgan fingerprint density at radius 3 is 2.31 bits per heavy atom. The van der Waals surface area contributed by atoms with Crippen LogP contribution in [-0.4, -0.2) is 74.4 Å². The van der Waals surface area contributed by atoms with E-state index in [0.29, 0.717) is 32.1 Å². The number of nitriles is 3. The number of esters is 1. The van der Waals surface area contributed by atoms with Crippen LogP contribution in [0.1, 0.15) is 49.6 Å². The third-order valence-corrected chi connectivity index (χ3v) is 7.70. The van der Waals surface area contributed by atoms with E-state index in [0.717, 1.165) is 48.1 Å². The van der Waals surface area contributed by atoms with Crippen molar-refractivity contribution in [2.24, 2.45) is 10.2 Å². The quantitative estimate of drug-likeness (QED) is 0.0555. The summed E-state index contributed by atoms with van der Waals surface area (Å²) in [5.74, 6) is -2.09. The number of carboxylic acids is 1. The van der Waals surface area contributed by atoms with Crippen LogP contribution in [0, 0.1) is 40.9 Å². The molecule has 2 aromatic rings. The fourth-order valence-electron chi connectivity index (χ4n) is 3.67. The molecule has 15 heteroatoms. The number of aliphatic hydroxyl groups excluding tert-OH is 1. The molecule has 0 saturated carbocycles. The molecule has 0 saturated heterocycles. The standard InChI is InChI=1S/C21H20ClN5O3S.C12H19NO4/c1-12(2)27(6-7-28)15-4-5-17(13(3)8-15)25-26-20-16(11-24)19(22)18(31-20)9-14(10-23)21(29)30;1-3-4-5-15-6-7-16-8-9-17-12(14)11(2)10-13/h4-5,8-9,12,28H,6-7H2,1-3H3,(H,29,30);2-9H2,1H3. The second-order valence-electron chi connectivity index (χ2n) is 10.0. The van der Waals surface area contributed by atoms with Crippen LogP contribution in [0.5, 0.6) is 0 Å². The molecule has 1 aromatic carbocycles. The maximum atomic E-state index is 11.1. The fourth-order valence-corrected chi connectivity index (χ4v) is 4.93. The number of halogens is 1. The molecule has 0 aliphatic rings. The zero-order valence-corrected chi connectivity index (χ0v) is 28.9. The summed E-state index contributed by atoms with van der Waals surface area (Å²) in [4.78, 5) is 24.3. The number of hydrogen-bond donors (Lipinski definition) is 2. The predicted molar refractivity (Wildman–Crippen MR) is 182 cm³/mol. The van der Waals surface area contributed by atoms with Crippen LogP contribution >= 0.6 is 22.9 Å². The van der Waals surface area contributed by atoms with Crippen LogP contribution in [0.3, 0.4) is 0 Å². The summed E-state index contributed by atoms with van der Waals surface area (Å²) in [7, 11) is 0. The Labute approximate surface area is 289 Å². The van der Waals surface area contributed by atoms with Crippen LogP contribution in [-0.2, 0) is 23.8 Å². The molecule has 0 bridgehead atoms. The lowest BCUT2D eigenvalue weighted by Crippen LogP contribution is -2.33. The van der Waals surface area contributed by atoms with Crippen molar-refractivity contribution in [1.29, 1.82) is 15.8 Å². The first-order valence-corrected chi connectivity index (χ1v) is 16.0. The monoisotopic (exact) mass is 698 g/mol. The molecule has 1 aromatic heterocycles. The lowest BCUT2D eigenvalue weighted by atomic mass is 10.1. The SMILES string of the molecule is C=C(C#N)C(=O)OCCOCCOCCCC.Cc1cc(N(CCO)C(C)C)ccc1N=Nc1sc(C=C(C#N)C(=O)O)c(Cl)c1C#N. The minimum absolute atomic E-state index is 0.0269. The number of hydrogen-bond acceptors (Lipinski definition) is 13.